The molecule has 2 amide bonds. The maximum atomic E-state index is 12.8. The molecule has 0 saturated heterocycles. The van der Waals surface area contributed by atoms with Gasteiger partial charge in [-0.25, -0.2) is 10.2 Å². The van der Waals surface area contributed by atoms with E-state index in [1.807, 2.05) is 54.6 Å². The minimum Gasteiger partial charge on any atom is -0.493 e. The minimum atomic E-state index is -0.866. The summed E-state index contributed by atoms with van der Waals surface area (Å²) in [4.78, 5) is 24.8. The van der Waals surface area contributed by atoms with E-state index in [0.29, 0.717) is 28.1 Å². The van der Waals surface area contributed by atoms with Crippen molar-refractivity contribution in [1.82, 2.24) is 10.7 Å². The number of halogens is 2. The van der Waals surface area contributed by atoms with Gasteiger partial charge in [0.1, 0.15) is 12.6 Å². The second-order valence-corrected chi connectivity index (χ2v) is 9.56. The molecule has 0 fully saturated rings. The zero-order valence-electron chi connectivity index (χ0n) is 20.4. The van der Waals surface area contributed by atoms with Crippen LogP contribution in [0.15, 0.2) is 80.8 Å². The van der Waals surface area contributed by atoms with Gasteiger partial charge >= 0.3 is 6.09 Å². The highest BCUT2D eigenvalue weighted by Gasteiger charge is 2.21. The van der Waals surface area contributed by atoms with Crippen LogP contribution in [0.3, 0.4) is 0 Å². The van der Waals surface area contributed by atoms with E-state index in [2.05, 4.69) is 47.7 Å². The standard InChI is InChI=1S/C27H27Br2N3O5/c1-3-36-27(34)31-23(14-18-7-5-4-6-8-18)26(33)32-30-16-20-13-22(29)25(24(15-20)35-2)37-17-19-9-11-21(28)12-10-19/h4-13,15-16,23H,3,14,17H2,1-2H3,(H,31,34)(H,32,33)/b30-16-/t23-/m0/s1. The Balaban J connectivity index is 1.67. The van der Waals surface area contributed by atoms with Crippen molar-refractivity contribution < 1.29 is 23.8 Å². The van der Waals surface area contributed by atoms with E-state index < -0.39 is 18.0 Å². The molecule has 3 aromatic rings. The monoisotopic (exact) mass is 631 g/mol. The highest BCUT2D eigenvalue weighted by Crippen LogP contribution is 2.37. The second kappa shape index (κ2) is 14.4. The quantitative estimate of drug-likeness (QED) is 0.212. The maximum Gasteiger partial charge on any atom is 0.407 e. The smallest absolute Gasteiger partial charge is 0.407 e. The van der Waals surface area contributed by atoms with Crippen LogP contribution in [-0.2, 0) is 22.6 Å². The van der Waals surface area contributed by atoms with E-state index in [9.17, 15) is 9.59 Å². The topological polar surface area (TPSA) is 98.2 Å². The van der Waals surface area contributed by atoms with Crippen LogP contribution < -0.4 is 20.2 Å². The first-order valence-electron chi connectivity index (χ1n) is 11.4. The maximum absolute atomic E-state index is 12.8. The van der Waals surface area contributed by atoms with Crippen molar-refractivity contribution in [2.24, 2.45) is 5.10 Å². The number of ether oxygens (including phenoxy) is 3. The van der Waals surface area contributed by atoms with Crippen LogP contribution in [0.1, 0.15) is 23.6 Å². The van der Waals surface area contributed by atoms with Crippen molar-refractivity contribution in [3.8, 4) is 11.5 Å². The second-order valence-electron chi connectivity index (χ2n) is 7.79. The van der Waals surface area contributed by atoms with Gasteiger partial charge in [0.2, 0.25) is 0 Å². The number of hydrogen-bond acceptors (Lipinski definition) is 6. The van der Waals surface area contributed by atoms with Crippen molar-refractivity contribution in [3.63, 3.8) is 0 Å². The Morgan fingerprint density at radius 2 is 1.76 bits per heavy atom. The van der Waals surface area contributed by atoms with Crippen molar-refractivity contribution in [2.45, 2.75) is 26.0 Å². The lowest BCUT2D eigenvalue weighted by Gasteiger charge is -2.17. The Labute approximate surface area is 232 Å². The van der Waals surface area contributed by atoms with Gasteiger partial charge in [0, 0.05) is 10.9 Å². The fourth-order valence-electron chi connectivity index (χ4n) is 3.31. The van der Waals surface area contributed by atoms with Gasteiger partial charge in [-0.15, -0.1) is 0 Å². The predicted molar refractivity (Wildman–Crippen MR) is 149 cm³/mol. The van der Waals surface area contributed by atoms with E-state index in [1.165, 1.54) is 6.21 Å². The number of hydrazone groups is 1. The first kappa shape index (κ1) is 28.2. The van der Waals surface area contributed by atoms with E-state index in [0.717, 1.165) is 15.6 Å². The zero-order valence-corrected chi connectivity index (χ0v) is 23.5. The molecular formula is C27H27Br2N3O5. The summed E-state index contributed by atoms with van der Waals surface area (Å²) < 4.78 is 18.1. The molecule has 10 heteroatoms. The average Bonchev–Trinajstić information content (AvgIpc) is 2.89. The predicted octanol–water partition coefficient (Wildman–Crippen LogP) is 5.61. The van der Waals surface area contributed by atoms with Crippen LogP contribution >= 0.6 is 31.9 Å². The van der Waals surface area contributed by atoms with Gasteiger partial charge in [0.15, 0.2) is 11.5 Å². The zero-order chi connectivity index (χ0) is 26.6. The first-order chi connectivity index (χ1) is 17.9. The third-order valence-electron chi connectivity index (χ3n) is 5.10. The van der Waals surface area contributed by atoms with Gasteiger partial charge in [0.05, 0.1) is 24.4 Å². The Hall–Kier alpha value is -3.37. The molecule has 0 radical (unpaired) electrons. The molecule has 0 spiro atoms. The molecule has 0 aliphatic carbocycles. The number of methoxy groups -OCH3 is 1. The number of carbonyl (C=O) groups excluding carboxylic acids is 2. The average molecular weight is 633 g/mol. The fraction of sp³-hybridized carbons (Fsp3) is 0.222. The van der Waals surface area contributed by atoms with Crippen molar-refractivity contribution >= 4 is 50.1 Å². The summed E-state index contributed by atoms with van der Waals surface area (Å²) in [7, 11) is 1.55. The highest BCUT2D eigenvalue weighted by atomic mass is 79.9. The molecule has 0 saturated carbocycles. The summed E-state index contributed by atoms with van der Waals surface area (Å²) in [5, 5.41) is 6.65. The van der Waals surface area contributed by atoms with Crippen LogP contribution in [-0.4, -0.2) is 38.0 Å². The van der Waals surface area contributed by atoms with Gasteiger partial charge in [-0.2, -0.15) is 5.10 Å². The van der Waals surface area contributed by atoms with E-state index in [4.69, 9.17) is 14.2 Å². The van der Waals surface area contributed by atoms with Crippen LogP contribution in [0, 0.1) is 0 Å². The van der Waals surface area contributed by atoms with Gasteiger partial charge in [0.25, 0.3) is 5.91 Å². The largest absolute Gasteiger partial charge is 0.493 e. The third-order valence-corrected chi connectivity index (χ3v) is 6.22. The fourth-order valence-corrected chi connectivity index (χ4v) is 4.15. The first-order valence-corrected chi connectivity index (χ1v) is 13.0. The summed E-state index contributed by atoms with van der Waals surface area (Å²) in [6.45, 7) is 2.25. The molecule has 0 aliphatic rings. The normalized spacial score (nSPS) is 11.6. The number of amides is 2. The Morgan fingerprint density at radius 1 is 1.03 bits per heavy atom. The molecule has 0 aromatic heterocycles. The summed E-state index contributed by atoms with van der Waals surface area (Å²) in [6, 6.07) is 19.9. The minimum absolute atomic E-state index is 0.198. The molecule has 3 rings (SSSR count). The van der Waals surface area contributed by atoms with E-state index >= 15 is 0 Å². The molecule has 0 unspecified atom stereocenters. The lowest BCUT2D eigenvalue weighted by atomic mass is 10.1. The van der Waals surface area contributed by atoms with E-state index in [-0.39, 0.29) is 13.0 Å². The number of benzene rings is 3. The molecule has 0 aliphatic heterocycles. The molecule has 0 heterocycles. The number of alkyl carbamates (subject to hydrolysis) is 1. The summed E-state index contributed by atoms with van der Waals surface area (Å²) in [5.41, 5.74) is 5.05. The van der Waals surface area contributed by atoms with Crippen molar-refractivity contribution in [2.75, 3.05) is 13.7 Å². The SMILES string of the molecule is CCOC(=O)N[C@@H](Cc1ccccc1)C(=O)N/N=C\c1cc(Br)c(OCc2ccc(Br)cc2)c(OC)c1. The molecule has 8 nitrogen and oxygen atoms in total. The molecule has 1 atom stereocenters. The molecule has 0 bridgehead atoms. The molecule has 194 valence electrons. The number of nitrogens with one attached hydrogen (secondary N) is 2. The van der Waals surface area contributed by atoms with Crippen molar-refractivity contribution in [1.29, 1.82) is 0 Å². The van der Waals surface area contributed by atoms with Gasteiger partial charge in [-0.05, 0) is 63.8 Å². The number of rotatable bonds is 11. The van der Waals surface area contributed by atoms with Gasteiger partial charge in [-0.1, -0.05) is 58.4 Å². The van der Waals surface area contributed by atoms with Crippen LogP contribution in [0.25, 0.3) is 0 Å². The Morgan fingerprint density at radius 3 is 2.43 bits per heavy atom. The van der Waals surface area contributed by atoms with Crippen molar-refractivity contribution in [3.05, 3.63) is 92.4 Å². The van der Waals surface area contributed by atoms with Crippen LogP contribution in [0.2, 0.25) is 0 Å². The molecule has 3 aromatic carbocycles. The highest BCUT2D eigenvalue weighted by molar-refractivity contribution is 9.10. The lowest BCUT2D eigenvalue weighted by molar-refractivity contribution is -0.123. The number of hydrogen-bond donors (Lipinski definition) is 2. The van der Waals surface area contributed by atoms with Gasteiger partial charge < -0.3 is 19.5 Å². The number of nitrogens with zero attached hydrogens (tertiary/aromatic N) is 1. The summed E-state index contributed by atoms with van der Waals surface area (Å²) in [6.07, 6.45) is 1.09. The summed E-state index contributed by atoms with van der Waals surface area (Å²) in [5.74, 6) is 0.576. The third kappa shape index (κ3) is 8.91. The Kier molecular flexibility index (Phi) is 11.0. The lowest BCUT2D eigenvalue weighted by Crippen LogP contribution is -2.47. The molecule has 37 heavy (non-hydrogen) atoms. The van der Waals surface area contributed by atoms with Crippen LogP contribution in [0.5, 0.6) is 11.5 Å². The molecular weight excluding hydrogens is 606 g/mol. The molecule has 2 N–H and O–H groups in total. The van der Waals surface area contributed by atoms with Gasteiger partial charge in [-0.3, -0.25) is 4.79 Å². The summed E-state index contributed by atoms with van der Waals surface area (Å²) >= 11 is 6.95. The van der Waals surface area contributed by atoms with E-state index in [1.54, 1.807) is 26.2 Å². The number of carbonyl (C=O) groups is 2. The Bertz CT molecular complexity index is 1220. The van der Waals surface area contributed by atoms with Crippen LogP contribution in [0.4, 0.5) is 4.79 Å².